The van der Waals surface area contributed by atoms with Crippen molar-refractivity contribution in [2.45, 2.75) is 261 Å². The molecular weight excluding hydrogens is 1770 g/mol. The molecule has 1 aliphatic rings. The lowest BCUT2D eigenvalue weighted by Crippen LogP contribution is -2.10. The van der Waals surface area contributed by atoms with Gasteiger partial charge in [0.15, 0.2) is 0 Å². The van der Waals surface area contributed by atoms with E-state index in [1.54, 1.807) is 77.9 Å². The van der Waals surface area contributed by atoms with E-state index in [0.29, 0.717) is 135 Å². The lowest BCUT2D eigenvalue weighted by Gasteiger charge is -2.16. The van der Waals surface area contributed by atoms with E-state index in [9.17, 15) is 33.9 Å². The molecule has 1 aliphatic carbocycles. The Morgan fingerprint density at radius 3 is 0.799 bits per heavy atom. The van der Waals surface area contributed by atoms with Crippen LogP contribution in [-0.2, 0) is 87.2 Å². The van der Waals surface area contributed by atoms with Crippen molar-refractivity contribution in [2.75, 3.05) is 6.61 Å². The Bertz CT molecular complexity index is 5810. The number of hydrogen-bond donors (Lipinski definition) is 2. The standard InChI is InChI=1S/C21H24O3.C20H24O4.C20H24O3.C19H22O4.C19H22O3S.C19H22O3/c1-4-21(22)24-20-7-5-6-17(16-9-10-16)18(20)13-23-19-11-8-14(2)12-15(19)3;1-5-20(21)24-19-9-7-8-18(22-6-2)16(19)13-23-17-11-10-14(3)12-15(17)4;1-5-16-8-7-9-19(23-20(21)6-2)17(16)13-22-18-11-10-14(3)12-15(18)4;1-4-19(21)23-18-7-5-6-15(11-20)16(18)12-22-17-9-8-13(2)10-14(17)3;1-4-19(20)22-18-7-5-6-15(12-23)16(18)11-21-17-9-8-13(2)10-14(17)3;1-5-19(20)22-18-8-6-7-14(3)16(18)12-21-17-10-9-13(2)11-15(17)4/h5-8,11-12,16H,4,9-10,13H2,1-3H3;7-12H,5-6,13H2,1-4H3;7-12H,5-6,13H2,1-4H3;5-10,20H,4,11-12H2,1-3H3;5-10,23H,4,11-12H2,1-3H3;6-11H,5,12H2,1-4H3. The molecule has 0 aromatic heterocycles. The summed E-state index contributed by atoms with van der Waals surface area (Å²) >= 11 is 4.36. The molecule has 13 rings (SSSR count). The van der Waals surface area contributed by atoms with Crippen molar-refractivity contribution in [3.63, 3.8) is 0 Å². The molecule has 736 valence electrons. The van der Waals surface area contributed by atoms with E-state index >= 15 is 0 Å². The average Bonchev–Trinajstić information content (AvgIpc) is 1.68. The van der Waals surface area contributed by atoms with Crippen LogP contribution in [0.15, 0.2) is 218 Å². The monoisotopic (exact) mass is 1910 g/mol. The second-order valence-corrected chi connectivity index (χ2v) is 34.3. The minimum absolute atomic E-state index is 0.136. The summed E-state index contributed by atoms with van der Waals surface area (Å²) in [5.41, 5.74) is 24.0. The van der Waals surface area contributed by atoms with Gasteiger partial charge in [0.1, 0.15) is 114 Å². The van der Waals surface area contributed by atoms with Crippen LogP contribution < -0.4 is 61.6 Å². The number of esters is 6. The number of ether oxygens (including phenoxy) is 13. The lowest BCUT2D eigenvalue weighted by molar-refractivity contribution is -0.135. The van der Waals surface area contributed by atoms with Crippen LogP contribution in [0.3, 0.4) is 0 Å². The molecule has 0 spiro atoms. The summed E-state index contributed by atoms with van der Waals surface area (Å²) in [4.78, 5) is 69.8. The van der Waals surface area contributed by atoms with Gasteiger partial charge in [-0.25, -0.2) is 0 Å². The van der Waals surface area contributed by atoms with Crippen LogP contribution in [0, 0.1) is 90.0 Å². The number of benzene rings is 12. The highest BCUT2D eigenvalue weighted by Gasteiger charge is 2.29. The first kappa shape index (κ1) is 111. The molecule has 139 heavy (non-hydrogen) atoms. The fourth-order valence-electron chi connectivity index (χ4n) is 14.7. The summed E-state index contributed by atoms with van der Waals surface area (Å²) in [5.74, 6) is 8.55. The minimum Gasteiger partial charge on any atom is -0.493 e. The Labute approximate surface area is 827 Å². The van der Waals surface area contributed by atoms with E-state index in [4.69, 9.17) is 61.6 Å². The molecule has 12 aromatic rings. The number of thiol groups is 1. The average molecular weight is 1910 g/mol. The Hall–Kier alpha value is -13.6. The molecule has 0 atom stereocenters. The normalized spacial score (nSPS) is 11.0. The maximum absolute atomic E-state index is 11.7. The van der Waals surface area contributed by atoms with Crippen molar-refractivity contribution in [1.82, 2.24) is 0 Å². The molecule has 0 saturated heterocycles. The number of rotatable bonds is 36. The molecule has 0 heterocycles. The molecule has 0 amide bonds. The molecule has 0 unspecified atom stereocenters. The third-order valence-corrected chi connectivity index (χ3v) is 23.0. The van der Waals surface area contributed by atoms with E-state index in [1.807, 2.05) is 215 Å². The Morgan fingerprint density at radius 2 is 0.504 bits per heavy atom. The minimum atomic E-state index is -0.312. The molecule has 1 fully saturated rings. The maximum Gasteiger partial charge on any atom is 0.310 e. The quantitative estimate of drug-likeness (QED) is 0.0211. The highest BCUT2D eigenvalue weighted by molar-refractivity contribution is 7.79. The summed E-state index contributed by atoms with van der Waals surface area (Å²) in [5, 5.41) is 9.53. The third-order valence-electron chi connectivity index (χ3n) is 22.6. The van der Waals surface area contributed by atoms with E-state index < -0.39 is 0 Å². The molecule has 0 bridgehead atoms. The number of aliphatic hydroxyl groups is 1. The van der Waals surface area contributed by atoms with Gasteiger partial charge in [-0.3, -0.25) is 28.8 Å². The van der Waals surface area contributed by atoms with Gasteiger partial charge in [-0.05, 0) is 262 Å². The molecule has 12 aromatic carbocycles. The SMILES string of the molecule is CCC(=O)Oc1cccc(C)c1COc1ccc(C)cc1C.CCC(=O)Oc1cccc(C2CC2)c1COc1ccc(C)cc1C.CCC(=O)Oc1cccc(CC)c1COc1ccc(C)cc1C.CCC(=O)Oc1cccc(CO)c1COc1ccc(C)cc1C.CCC(=O)Oc1cccc(CS)c1COc1ccc(C)cc1C.CCOc1cccc(OC(=O)CC)c1COc1ccc(C)cc1C. The van der Waals surface area contributed by atoms with Crippen molar-refractivity contribution in [3.8, 4) is 74.7 Å². The van der Waals surface area contributed by atoms with Gasteiger partial charge in [0, 0.05) is 72.1 Å². The van der Waals surface area contributed by atoms with Gasteiger partial charge in [0.25, 0.3) is 0 Å². The summed E-state index contributed by atoms with van der Waals surface area (Å²) in [6.07, 6.45) is 5.27. The van der Waals surface area contributed by atoms with Crippen LogP contribution in [0.1, 0.15) is 241 Å². The first-order valence-corrected chi connectivity index (χ1v) is 48.3. The predicted molar refractivity (Wildman–Crippen MR) is 552 cm³/mol. The zero-order valence-corrected chi connectivity index (χ0v) is 85.6. The molecule has 0 radical (unpaired) electrons. The van der Waals surface area contributed by atoms with E-state index in [-0.39, 0.29) is 55.6 Å². The van der Waals surface area contributed by atoms with Crippen molar-refractivity contribution in [3.05, 3.63) is 346 Å². The van der Waals surface area contributed by atoms with Gasteiger partial charge in [-0.2, -0.15) is 12.6 Å². The first-order chi connectivity index (χ1) is 66.8. The highest BCUT2D eigenvalue weighted by atomic mass is 32.1. The molecule has 1 saturated carbocycles. The summed E-state index contributed by atoms with van der Waals surface area (Å²) in [7, 11) is 0. The Morgan fingerprint density at radius 1 is 0.259 bits per heavy atom. The third kappa shape index (κ3) is 35.1. The highest BCUT2D eigenvalue weighted by Crippen LogP contribution is 2.45. The first-order valence-electron chi connectivity index (χ1n) is 47.7. The number of carbonyl (C=O) groups excluding carboxylic acids is 6. The van der Waals surface area contributed by atoms with E-state index in [2.05, 4.69) is 83.6 Å². The second-order valence-electron chi connectivity index (χ2n) is 34.0. The smallest absolute Gasteiger partial charge is 0.310 e. The van der Waals surface area contributed by atoms with Crippen LogP contribution in [0.2, 0.25) is 0 Å². The largest absolute Gasteiger partial charge is 0.493 e. The molecule has 1 N–H and O–H groups in total. The maximum atomic E-state index is 11.7. The fraction of sp³-hybridized carbons (Fsp3) is 0.339. The number of aryl methyl sites for hydroxylation is 14. The van der Waals surface area contributed by atoms with Crippen molar-refractivity contribution < 1.29 is 95.5 Å². The molecule has 20 nitrogen and oxygen atoms in total. The second kappa shape index (κ2) is 56.9. The van der Waals surface area contributed by atoms with Gasteiger partial charge in [0.2, 0.25) is 0 Å². The topological polar surface area (TPSA) is 243 Å². The van der Waals surface area contributed by atoms with Gasteiger partial charge in [0.05, 0.1) is 18.8 Å². The predicted octanol–water partition coefficient (Wildman–Crippen LogP) is 27.3. The van der Waals surface area contributed by atoms with Crippen molar-refractivity contribution in [2.24, 2.45) is 0 Å². The summed E-state index contributed by atoms with van der Waals surface area (Å²) < 4.78 is 74.0. The summed E-state index contributed by atoms with van der Waals surface area (Å²) in [6.45, 7) is 43.5. The van der Waals surface area contributed by atoms with E-state index in [1.165, 1.54) is 51.8 Å². The van der Waals surface area contributed by atoms with Gasteiger partial charge in [-0.15, -0.1) is 0 Å². The lowest BCUT2D eigenvalue weighted by atomic mass is 10.0. The molecule has 21 heteroatoms. The Kier molecular flexibility index (Phi) is 45.3. The van der Waals surface area contributed by atoms with Crippen LogP contribution >= 0.6 is 12.6 Å². The van der Waals surface area contributed by atoms with Gasteiger partial charge >= 0.3 is 35.8 Å². The zero-order valence-electron chi connectivity index (χ0n) is 84.7. The van der Waals surface area contributed by atoms with Crippen molar-refractivity contribution in [1.29, 1.82) is 0 Å². The van der Waals surface area contributed by atoms with Crippen LogP contribution in [0.5, 0.6) is 74.7 Å². The fourth-order valence-corrected chi connectivity index (χ4v) is 15.0. The zero-order chi connectivity index (χ0) is 101. The van der Waals surface area contributed by atoms with Crippen molar-refractivity contribution >= 4 is 48.4 Å². The molecular formula is C118H138O20S. The van der Waals surface area contributed by atoms with Crippen LogP contribution in [-0.4, -0.2) is 47.5 Å². The number of carbonyl (C=O) groups is 6. The van der Waals surface area contributed by atoms with Crippen LogP contribution in [0.4, 0.5) is 0 Å². The number of aliphatic hydroxyl groups excluding tert-OH is 1. The van der Waals surface area contributed by atoms with E-state index in [0.717, 1.165) is 119 Å². The van der Waals surface area contributed by atoms with Gasteiger partial charge < -0.3 is 66.7 Å². The van der Waals surface area contributed by atoms with Crippen LogP contribution in [0.25, 0.3) is 0 Å². The Balaban J connectivity index is 0.000000205. The van der Waals surface area contributed by atoms with Gasteiger partial charge in [-0.1, -0.05) is 221 Å². The summed E-state index contributed by atoms with van der Waals surface area (Å²) in [6, 6.07) is 70.1. The molecule has 0 aliphatic heterocycles. The number of hydrogen-bond acceptors (Lipinski definition) is 21.